The van der Waals surface area contributed by atoms with E-state index in [0.29, 0.717) is 19.4 Å². The summed E-state index contributed by atoms with van der Waals surface area (Å²) in [4.78, 5) is 25.0. The summed E-state index contributed by atoms with van der Waals surface area (Å²) in [6, 6.07) is 0. The van der Waals surface area contributed by atoms with E-state index in [9.17, 15) is 9.59 Å². The van der Waals surface area contributed by atoms with Crippen molar-refractivity contribution in [2.75, 3.05) is 19.6 Å². The summed E-state index contributed by atoms with van der Waals surface area (Å²) in [6.07, 6.45) is 3.35. The zero-order valence-electron chi connectivity index (χ0n) is 10.3. The van der Waals surface area contributed by atoms with Gasteiger partial charge < -0.3 is 10.2 Å². The molecule has 4 heteroatoms. The van der Waals surface area contributed by atoms with E-state index in [1.165, 1.54) is 0 Å². The van der Waals surface area contributed by atoms with Gasteiger partial charge in [-0.15, -0.1) is 0 Å². The van der Waals surface area contributed by atoms with E-state index in [1.807, 2.05) is 11.8 Å². The second kappa shape index (κ2) is 6.51. The SMILES string of the molecule is CCCCN(CC)C(=O)C1CCC(=O)NC1. The fourth-order valence-corrected chi connectivity index (χ4v) is 1.97. The maximum Gasteiger partial charge on any atom is 0.227 e. The Morgan fingerprint density at radius 1 is 1.50 bits per heavy atom. The van der Waals surface area contributed by atoms with Gasteiger partial charge in [0.05, 0.1) is 5.92 Å². The molecule has 0 radical (unpaired) electrons. The van der Waals surface area contributed by atoms with Crippen molar-refractivity contribution in [1.82, 2.24) is 10.2 Å². The van der Waals surface area contributed by atoms with Crippen molar-refractivity contribution < 1.29 is 9.59 Å². The molecule has 0 bridgehead atoms. The molecule has 16 heavy (non-hydrogen) atoms. The minimum Gasteiger partial charge on any atom is -0.355 e. The lowest BCUT2D eigenvalue weighted by Gasteiger charge is -2.28. The van der Waals surface area contributed by atoms with Crippen LogP contribution in [0, 0.1) is 5.92 Å². The van der Waals surface area contributed by atoms with E-state index in [4.69, 9.17) is 0 Å². The molecular formula is C12H22N2O2. The van der Waals surface area contributed by atoms with Gasteiger partial charge >= 0.3 is 0 Å². The standard InChI is InChI=1S/C12H22N2O2/c1-3-5-8-14(4-2)12(16)10-6-7-11(15)13-9-10/h10H,3-9H2,1-2H3,(H,13,15). The Balaban J connectivity index is 2.44. The summed E-state index contributed by atoms with van der Waals surface area (Å²) in [5, 5.41) is 2.76. The predicted octanol–water partition coefficient (Wildman–Crippen LogP) is 1.16. The van der Waals surface area contributed by atoms with Gasteiger partial charge in [0, 0.05) is 26.1 Å². The number of nitrogens with one attached hydrogen (secondary N) is 1. The van der Waals surface area contributed by atoms with Crippen molar-refractivity contribution in [1.29, 1.82) is 0 Å². The van der Waals surface area contributed by atoms with E-state index in [-0.39, 0.29) is 17.7 Å². The van der Waals surface area contributed by atoms with E-state index in [1.54, 1.807) is 0 Å². The summed E-state index contributed by atoms with van der Waals surface area (Å²) < 4.78 is 0. The monoisotopic (exact) mass is 226 g/mol. The van der Waals surface area contributed by atoms with Gasteiger partial charge in [0.1, 0.15) is 0 Å². The third kappa shape index (κ3) is 3.51. The number of rotatable bonds is 5. The lowest BCUT2D eigenvalue weighted by molar-refractivity contribution is -0.137. The first-order valence-corrected chi connectivity index (χ1v) is 6.24. The van der Waals surface area contributed by atoms with Gasteiger partial charge in [-0.25, -0.2) is 0 Å². The molecular weight excluding hydrogens is 204 g/mol. The Bertz CT molecular complexity index is 243. The van der Waals surface area contributed by atoms with Crippen LogP contribution in [0.25, 0.3) is 0 Å². The molecule has 1 aliphatic rings. The molecule has 1 heterocycles. The van der Waals surface area contributed by atoms with Crippen molar-refractivity contribution in [2.45, 2.75) is 39.5 Å². The average molecular weight is 226 g/mol. The number of hydrogen-bond acceptors (Lipinski definition) is 2. The summed E-state index contributed by atoms with van der Waals surface area (Å²) >= 11 is 0. The van der Waals surface area contributed by atoms with E-state index < -0.39 is 0 Å². The quantitative estimate of drug-likeness (QED) is 0.765. The minimum absolute atomic E-state index is 0.00509. The number of carbonyl (C=O) groups excluding carboxylic acids is 2. The number of carbonyl (C=O) groups is 2. The average Bonchev–Trinajstić information content (AvgIpc) is 2.30. The molecule has 0 aromatic rings. The molecule has 0 aromatic heterocycles. The van der Waals surface area contributed by atoms with Gasteiger partial charge in [-0.05, 0) is 19.8 Å². The summed E-state index contributed by atoms with van der Waals surface area (Å²) in [5.41, 5.74) is 0. The van der Waals surface area contributed by atoms with Gasteiger partial charge in [0.15, 0.2) is 0 Å². The molecule has 92 valence electrons. The number of piperidine rings is 1. The molecule has 0 saturated carbocycles. The second-order valence-corrected chi connectivity index (χ2v) is 4.31. The fraction of sp³-hybridized carbons (Fsp3) is 0.833. The highest BCUT2D eigenvalue weighted by Gasteiger charge is 2.27. The Hall–Kier alpha value is -1.06. The van der Waals surface area contributed by atoms with Crippen LogP contribution in [0.15, 0.2) is 0 Å². The van der Waals surface area contributed by atoms with Crippen LogP contribution < -0.4 is 5.32 Å². The third-order valence-electron chi connectivity index (χ3n) is 3.09. The Morgan fingerprint density at radius 2 is 2.25 bits per heavy atom. The molecule has 1 N–H and O–H groups in total. The lowest BCUT2D eigenvalue weighted by atomic mass is 9.97. The molecule has 1 saturated heterocycles. The highest BCUT2D eigenvalue weighted by Crippen LogP contribution is 2.14. The predicted molar refractivity (Wildman–Crippen MR) is 62.9 cm³/mol. The molecule has 0 aliphatic carbocycles. The lowest BCUT2D eigenvalue weighted by Crippen LogP contribution is -2.45. The van der Waals surface area contributed by atoms with Gasteiger partial charge in [0.25, 0.3) is 0 Å². The molecule has 4 nitrogen and oxygen atoms in total. The van der Waals surface area contributed by atoms with Crippen LogP contribution in [0.2, 0.25) is 0 Å². The Kier molecular flexibility index (Phi) is 5.29. The zero-order chi connectivity index (χ0) is 12.0. The molecule has 1 unspecified atom stereocenters. The Labute approximate surface area is 97.4 Å². The molecule has 0 aromatic carbocycles. The minimum atomic E-state index is -0.00509. The van der Waals surface area contributed by atoms with Crippen LogP contribution in [-0.4, -0.2) is 36.3 Å². The topological polar surface area (TPSA) is 49.4 Å². The van der Waals surface area contributed by atoms with Crippen molar-refractivity contribution >= 4 is 11.8 Å². The van der Waals surface area contributed by atoms with Gasteiger partial charge in [-0.1, -0.05) is 13.3 Å². The molecule has 1 atom stereocenters. The largest absolute Gasteiger partial charge is 0.355 e. The van der Waals surface area contributed by atoms with Crippen molar-refractivity contribution in [2.24, 2.45) is 5.92 Å². The van der Waals surface area contributed by atoms with Crippen LogP contribution >= 0.6 is 0 Å². The van der Waals surface area contributed by atoms with Crippen LogP contribution in [-0.2, 0) is 9.59 Å². The number of hydrogen-bond donors (Lipinski definition) is 1. The van der Waals surface area contributed by atoms with Gasteiger partial charge in [-0.3, -0.25) is 9.59 Å². The van der Waals surface area contributed by atoms with E-state index in [0.717, 1.165) is 25.9 Å². The molecule has 1 rings (SSSR count). The first kappa shape index (κ1) is 13.0. The smallest absolute Gasteiger partial charge is 0.227 e. The maximum atomic E-state index is 12.1. The van der Waals surface area contributed by atoms with E-state index in [2.05, 4.69) is 12.2 Å². The number of nitrogens with zero attached hydrogens (tertiary/aromatic N) is 1. The first-order valence-electron chi connectivity index (χ1n) is 6.24. The fourth-order valence-electron chi connectivity index (χ4n) is 1.97. The number of amides is 2. The van der Waals surface area contributed by atoms with Gasteiger partial charge in [-0.2, -0.15) is 0 Å². The van der Waals surface area contributed by atoms with Crippen molar-refractivity contribution in [3.8, 4) is 0 Å². The van der Waals surface area contributed by atoms with Crippen LogP contribution in [0.4, 0.5) is 0 Å². The van der Waals surface area contributed by atoms with Crippen molar-refractivity contribution in [3.05, 3.63) is 0 Å². The molecule has 1 aliphatic heterocycles. The normalized spacial score (nSPS) is 20.4. The van der Waals surface area contributed by atoms with E-state index >= 15 is 0 Å². The van der Waals surface area contributed by atoms with Crippen molar-refractivity contribution in [3.63, 3.8) is 0 Å². The summed E-state index contributed by atoms with van der Waals surface area (Å²) in [5.74, 6) is 0.270. The van der Waals surface area contributed by atoms with Crippen LogP contribution in [0.1, 0.15) is 39.5 Å². The summed E-state index contributed by atoms with van der Waals surface area (Å²) in [7, 11) is 0. The molecule has 1 fully saturated rings. The highest BCUT2D eigenvalue weighted by molar-refractivity contribution is 5.83. The molecule has 0 spiro atoms. The highest BCUT2D eigenvalue weighted by atomic mass is 16.2. The Morgan fingerprint density at radius 3 is 2.75 bits per heavy atom. The first-order chi connectivity index (χ1) is 7.69. The van der Waals surface area contributed by atoms with Crippen LogP contribution in [0.5, 0.6) is 0 Å². The molecule has 2 amide bonds. The second-order valence-electron chi connectivity index (χ2n) is 4.31. The maximum absolute atomic E-state index is 12.1. The third-order valence-corrected chi connectivity index (χ3v) is 3.09. The summed E-state index contributed by atoms with van der Waals surface area (Å²) in [6.45, 7) is 6.26. The number of unbranched alkanes of at least 4 members (excludes halogenated alkanes) is 1. The van der Waals surface area contributed by atoms with Crippen LogP contribution in [0.3, 0.4) is 0 Å². The van der Waals surface area contributed by atoms with Gasteiger partial charge in [0.2, 0.25) is 11.8 Å². The zero-order valence-corrected chi connectivity index (χ0v) is 10.3.